The molecule has 1 aliphatic rings. The first kappa shape index (κ1) is 17.9. The van der Waals surface area contributed by atoms with E-state index in [9.17, 15) is 14.0 Å². The van der Waals surface area contributed by atoms with Crippen molar-refractivity contribution < 1.29 is 14.0 Å². The minimum atomic E-state index is -0.429. The van der Waals surface area contributed by atoms with Gasteiger partial charge in [-0.1, -0.05) is 0 Å². The first-order valence-corrected chi connectivity index (χ1v) is 8.83. The Morgan fingerprint density at radius 2 is 2.00 bits per heavy atom. The van der Waals surface area contributed by atoms with E-state index >= 15 is 0 Å². The van der Waals surface area contributed by atoms with E-state index in [1.54, 1.807) is 34.7 Å². The number of nitrogens with one attached hydrogen (secondary N) is 1. The summed E-state index contributed by atoms with van der Waals surface area (Å²) in [6.45, 7) is 2.37. The van der Waals surface area contributed by atoms with Crippen molar-refractivity contribution in [2.24, 2.45) is 12.8 Å². The number of anilines is 2. The van der Waals surface area contributed by atoms with Crippen LogP contribution in [0.4, 0.5) is 15.9 Å². The van der Waals surface area contributed by atoms with Crippen LogP contribution in [0.25, 0.3) is 0 Å². The standard InChI is InChI=1S/C17H18FIN4O2/c1-9(24)15-6-12(17(25)23-7-11(20)8-23)16(22(15)2)21-14-4-3-10(19)5-13(14)18/h3-6,11,21H,7-8,20H2,1-2H3. The van der Waals surface area contributed by atoms with E-state index in [0.29, 0.717) is 30.2 Å². The Morgan fingerprint density at radius 1 is 1.32 bits per heavy atom. The molecule has 1 amide bonds. The van der Waals surface area contributed by atoms with Crippen LogP contribution in [0.1, 0.15) is 27.8 Å². The van der Waals surface area contributed by atoms with Crippen molar-refractivity contribution in [1.82, 2.24) is 9.47 Å². The fourth-order valence-electron chi connectivity index (χ4n) is 2.82. The lowest BCUT2D eigenvalue weighted by Gasteiger charge is -2.36. The van der Waals surface area contributed by atoms with Crippen molar-refractivity contribution >= 4 is 45.8 Å². The molecule has 6 nitrogen and oxygen atoms in total. The number of Topliss-reactive ketones (excluding diaryl/α,β-unsaturated/α-hetero) is 1. The van der Waals surface area contributed by atoms with Crippen LogP contribution < -0.4 is 11.1 Å². The van der Waals surface area contributed by atoms with Crippen LogP contribution in [0.15, 0.2) is 24.3 Å². The summed E-state index contributed by atoms with van der Waals surface area (Å²) in [6, 6.07) is 6.28. The van der Waals surface area contributed by atoms with Crippen LogP contribution in [0.5, 0.6) is 0 Å². The third kappa shape index (κ3) is 3.40. The molecule has 1 saturated heterocycles. The Hall–Kier alpha value is -1.94. The molecule has 0 radical (unpaired) electrons. The van der Waals surface area contributed by atoms with Gasteiger partial charge in [0.2, 0.25) is 0 Å². The smallest absolute Gasteiger partial charge is 0.257 e. The minimum Gasteiger partial charge on any atom is -0.339 e. The quantitative estimate of drug-likeness (QED) is 0.548. The molecule has 25 heavy (non-hydrogen) atoms. The van der Waals surface area contributed by atoms with E-state index in [1.165, 1.54) is 13.0 Å². The summed E-state index contributed by atoms with van der Waals surface area (Å²) in [5.41, 5.74) is 6.69. The van der Waals surface area contributed by atoms with Gasteiger partial charge in [-0.3, -0.25) is 9.59 Å². The molecule has 0 unspecified atom stereocenters. The number of amides is 1. The van der Waals surface area contributed by atoms with Crippen LogP contribution in [0.3, 0.4) is 0 Å². The first-order chi connectivity index (χ1) is 11.8. The van der Waals surface area contributed by atoms with Crippen LogP contribution in [0.2, 0.25) is 0 Å². The molecule has 2 aromatic rings. The number of carbonyl (C=O) groups excluding carboxylic acids is 2. The van der Waals surface area contributed by atoms with E-state index < -0.39 is 5.82 Å². The molecule has 132 valence electrons. The Kier molecular flexibility index (Phi) is 4.83. The largest absolute Gasteiger partial charge is 0.339 e. The average molecular weight is 456 g/mol. The fourth-order valence-corrected chi connectivity index (χ4v) is 3.28. The summed E-state index contributed by atoms with van der Waals surface area (Å²) in [5, 5.41) is 2.96. The van der Waals surface area contributed by atoms with Gasteiger partial charge in [0.15, 0.2) is 5.78 Å². The van der Waals surface area contributed by atoms with Gasteiger partial charge in [0.25, 0.3) is 5.91 Å². The predicted molar refractivity (Wildman–Crippen MR) is 102 cm³/mol. The van der Waals surface area contributed by atoms with E-state index in [2.05, 4.69) is 5.32 Å². The van der Waals surface area contributed by atoms with Gasteiger partial charge in [-0.15, -0.1) is 0 Å². The Bertz CT molecular complexity index is 859. The topological polar surface area (TPSA) is 80.4 Å². The van der Waals surface area contributed by atoms with E-state index in [-0.39, 0.29) is 23.4 Å². The highest BCUT2D eigenvalue weighted by Crippen LogP contribution is 2.29. The second kappa shape index (κ2) is 6.75. The van der Waals surface area contributed by atoms with Crippen LogP contribution >= 0.6 is 22.6 Å². The molecule has 0 bridgehead atoms. The first-order valence-electron chi connectivity index (χ1n) is 7.75. The lowest BCUT2D eigenvalue weighted by Crippen LogP contribution is -2.57. The van der Waals surface area contributed by atoms with Crippen molar-refractivity contribution in [2.75, 3.05) is 18.4 Å². The third-order valence-corrected chi connectivity index (χ3v) is 4.88. The number of nitrogens with zero attached hydrogens (tertiary/aromatic N) is 2. The zero-order chi connectivity index (χ0) is 18.3. The fraction of sp³-hybridized carbons (Fsp3) is 0.294. The molecule has 1 aromatic heterocycles. The van der Waals surface area contributed by atoms with Gasteiger partial charge < -0.3 is 20.5 Å². The van der Waals surface area contributed by atoms with Gasteiger partial charge >= 0.3 is 0 Å². The normalized spacial score (nSPS) is 14.4. The highest BCUT2D eigenvalue weighted by Gasteiger charge is 2.32. The van der Waals surface area contributed by atoms with E-state index in [1.807, 2.05) is 22.6 Å². The Labute approximate surface area is 158 Å². The minimum absolute atomic E-state index is 0.0232. The zero-order valence-electron chi connectivity index (χ0n) is 13.8. The van der Waals surface area contributed by atoms with Crippen molar-refractivity contribution in [2.45, 2.75) is 13.0 Å². The molecule has 2 heterocycles. The summed E-state index contributed by atoms with van der Waals surface area (Å²) >= 11 is 2.02. The molecule has 0 atom stereocenters. The molecule has 0 aliphatic carbocycles. The van der Waals surface area contributed by atoms with Crippen LogP contribution in [-0.4, -0.2) is 40.3 Å². The lowest BCUT2D eigenvalue weighted by atomic mass is 10.1. The molecular weight excluding hydrogens is 438 g/mol. The van der Waals surface area contributed by atoms with Crippen molar-refractivity contribution in [3.05, 3.63) is 44.9 Å². The van der Waals surface area contributed by atoms with Gasteiger partial charge in [0.05, 0.1) is 16.9 Å². The number of halogens is 2. The monoisotopic (exact) mass is 456 g/mol. The molecule has 0 spiro atoms. The van der Waals surface area contributed by atoms with Gasteiger partial charge in [0, 0.05) is 36.7 Å². The number of hydrogen-bond acceptors (Lipinski definition) is 4. The number of ketones is 1. The molecule has 1 fully saturated rings. The molecule has 0 saturated carbocycles. The SMILES string of the molecule is CC(=O)c1cc(C(=O)N2CC(N)C2)c(Nc2ccc(I)cc2F)n1C. The molecule has 8 heteroatoms. The molecule has 1 aliphatic heterocycles. The average Bonchev–Trinajstić information content (AvgIpc) is 2.83. The summed E-state index contributed by atoms with van der Waals surface area (Å²) in [7, 11) is 1.67. The number of likely N-dealkylation sites (tertiary alicyclic amines) is 1. The Morgan fingerprint density at radius 3 is 2.56 bits per heavy atom. The number of nitrogens with two attached hydrogens (primary N) is 1. The second-order valence-corrected chi connectivity index (χ2v) is 7.37. The summed E-state index contributed by atoms with van der Waals surface area (Å²) in [6.07, 6.45) is 0. The van der Waals surface area contributed by atoms with Gasteiger partial charge in [-0.2, -0.15) is 0 Å². The molecule has 3 rings (SSSR count). The molecule has 1 aromatic carbocycles. The number of rotatable bonds is 4. The molecule has 3 N–H and O–H groups in total. The molecular formula is C17H18FIN4O2. The van der Waals surface area contributed by atoms with Crippen LogP contribution in [-0.2, 0) is 7.05 Å². The van der Waals surface area contributed by atoms with Crippen LogP contribution in [0, 0.1) is 9.39 Å². The summed E-state index contributed by atoms with van der Waals surface area (Å²) < 4.78 is 16.5. The highest BCUT2D eigenvalue weighted by atomic mass is 127. The second-order valence-electron chi connectivity index (χ2n) is 6.13. The Balaban J connectivity index is 2.01. The highest BCUT2D eigenvalue weighted by molar-refractivity contribution is 14.1. The van der Waals surface area contributed by atoms with Gasteiger partial charge in [-0.25, -0.2) is 4.39 Å². The van der Waals surface area contributed by atoms with Crippen molar-refractivity contribution in [3.63, 3.8) is 0 Å². The zero-order valence-corrected chi connectivity index (χ0v) is 16.0. The summed E-state index contributed by atoms with van der Waals surface area (Å²) in [4.78, 5) is 26.2. The van der Waals surface area contributed by atoms with Gasteiger partial charge in [-0.05, 0) is 46.9 Å². The maximum Gasteiger partial charge on any atom is 0.257 e. The van der Waals surface area contributed by atoms with Gasteiger partial charge in [0.1, 0.15) is 11.6 Å². The number of aromatic nitrogens is 1. The maximum absolute atomic E-state index is 14.2. The third-order valence-electron chi connectivity index (χ3n) is 4.21. The number of benzene rings is 1. The predicted octanol–water partition coefficient (Wildman–Crippen LogP) is 2.50. The van der Waals surface area contributed by atoms with E-state index in [4.69, 9.17) is 5.73 Å². The number of carbonyl (C=O) groups is 2. The summed E-state index contributed by atoms with van der Waals surface area (Å²) in [5.74, 6) is -0.441. The van der Waals surface area contributed by atoms with Crippen molar-refractivity contribution in [3.8, 4) is 0 Å². The van der Waals surface area contributed by atoms with E-state index in [0.717, 1.165) is 3.57 Å². The number of hydrogen-bond donors (Lipinski definition) is 2. The lowest BCUT2D eigenvalue weighted by molar-refractivity contribution is 0.0609. The van der Waals surface area contributed by atoms with Crippen molar-refractivity contribution in [1.29, 1.82) is 0 Å². The maximum atomic E-state index is 14.2.